The zero-order valence-corrected chi connectivity index (χ0v) is 14.2. The lowest BCUT2D eigenvalue weighted by Gasteiger charge is -2.27. The number of nitrogens with one attached hydrogen (secondary N) is 1. The van der Waals surface area contributed by atoms with Crippen LogP contribution in [0.25, 0.3) is 0 Å². The van der Waals surface area contributed by atoms with E-state index in [2.05, 4.69) is 27.3 Å². The second-order valence-electron chi connectivity index (χ2n) is 6.25. The summed E-state index contributed by atoms with van der Waals surface area (Å²) in [6.07, 6.45) is 0.312. The second kappa shape index (κ2) is 7.23. The molecule has 1 unspecified atom stereocenters. The van der Waals surface area contributed by atoms with Crippen LogP contribution in [0.15, 0.2) is 28.7 Å². The Balaban J connectivity index is 2.58. The number of carbonyl (C=O) groups excluding carboxylic acids is 1. The number of hydrogen-bond acceptors (Lipinski definition) is 2. The Morgan fingerprint density at radius 1 is 1.40 bits per heavy atom. The van der Waals surface area contributed by atoms with Crippen molar-refractivity contribution in [2.75, 3.05) is 0 Å². The number of rotatable bonds is 6. The van der Waals surface area contributed by atoms with Gasteiger partial charge in [-0.1, -0.05) is 41.9 Å². The van der Waals surface area contributed by atoms with Crippen molar-refractivity contribution in [1.29, 1.82) is 0 Å². The van der Waals surface area contributed by atoms with Gasteiger partial charge in [0.1, 0.15) is 0 Å². The molecule has 0 spiro atoms. The molecule has 112 valence electrons. The summed E-state index contributed by atoms with van der Waals surface area (Å²) in [5.74, 6) is -0.0138. The van der Waals surface area contributed by atoms with Crippen molar-refractivity contribution in [2.24, 2.45) is 5.92 Å². The highest BCUT2D eigenvalue weighted by Crippen LogP contribution is 2.17. The monoisotopic (exact) mass is 341 g/mol. The number of benzene rings is 1. The molecule has 1 rings (SSSR count). The van der Waals surface area contributed by atoms with E-state index >= 15 is 0 Å². The topological polar surface area (TPSA) is 49.3 Å². The molecule has 0 aliphatic heterocycles. The molecule has 1 amide bonds. The smallest absolute Gasteiger partial charge is 0.223 e. The van der Waals surface area contributed by atoms with Crippen LogP contribution in [-0.4, -0.2) is 22.7 Å². The lowest BCUT2D eigenvalue weighted by atomic mass is 9.94. The predicted molar refractivity (Wildman–Crippen MR) is 85.5 cm³/mol. The lowest BCUT2D eigenvalue weighted by Crippen LogP contribution is -2.46. The number of aliphatic hydroxyl groups is 1. The van der Waals surface area contributed by atoms with Crippen molar-refractivity contribution in [1.82, 2.24) is 5.32 Å². The molecule has 0 bridgehead atoms. The molecule has 3 nitrogen and oxygen atoms in total. The Kier molecular flexibility index (Phi) is 6.21. The van der Waals surface area contributed by atoms with Gasteiger partial charge < -0.3 is 10.4 Å². The fourth-order valence-electron chi connectivity index (χ4n) is 2.06. The van der Waals surface area contributed by atoms with E-state index in [1.165, 1.54) is 0 Å². The number of amides is 1. The van der Waals surface area contributed by atoms with Crippen molar-refractivity contribution in [2.45, 2.75) is 52.2 Å². The van der Waals surface area contributed by atoms with Gasteiger partial charge in [-0.3, -0.25) is 4.79 Å². The average Bonchev–Trinajstić information content (AvgIpc) is 2.26. The zero-order chi connectivity index (χ0) is 15.3. The molecule has 0 saturated heterocycles. The molecule has 20 heavy (non-hydrogen) atoms. The Morgan fingerprint density at radius 3 is 2.60 bits per heavy atom. The number of halogens is 1. The van der Waals surface area contributed by atoms with Gasteiger partial charge in [-0.05, 0) is 43.9 Å². The molecule has 0 aliphatic carbocycles. The minimum absolute atomic E-state index is 0.0916. The van der Waals surface area contributed by atoms with E-state index in [-0.39, 0.29) is 23.8 Å². The Morgan fingerprint density at radius 2 is 2.05 bits per heavy atom. The van der Waals surface area contributed by atoms with E-state index in [9.17, 15) is 9.90 Å². The van der Waals surface area contributed by atoms with Crippen LogP contribution >= 0.6 is 15.9 Å². The van der Waals surface area contributed by atoms with Crippen molar-refractivity contribution < 1.29 is 9.90 Å². The quantitative estimate of drug-likeness (QED) is 0.833. The zero-order valence-electron chi connectivity index (χ0n) is 12.6. The van der Waals surface area contributed by atoms with E-state index in [1.807, 2.05) is 45.9 Å². The molecule has 0 aliphatic rings. The van der Waals surface area contributed by atoms with Gasteiger partial charge in [0.05, 0.1) is 12.5 Å². The molecule has 0 saturated carbocycles. The first-order chi connectivity index (χ1) is 9.19. The largest absolute Gasteiger partial charge is 0.392 e. The Labute approximate surface area is 129 Å². The van der Waals surface area contributed by atoms with Crippen LogP contribution in [0, 0.1) is 5.92 Å². The van der Waals surface area contributed by atoms with E-state index in [0.29, 0.717) is 0 Å². The van der Waals surface area contributed by atoms with Gasteiger partial charge in [0.15, 0.2) is 0 Å². The van der Waals surface area contributed by atoms with Crippen LogP contribution in [-0.2, 0) is 11.2 Å². The Bertz CT molecular complexity index is 458. The number of aliphatic hydroxyl groups excluding tert-OH is 1. The normalized spacial score (nSPS) is 13.3. The van der Waals surface area contributed by atoms with Crippen LogP contribution in [0.4, 0.5) is 0 Å². The van der Waals surface area contributed by atoms with E-state index < -0.39 is 6.10 Å². The van der Waals surface area contributed by atoms with Crippen LogP contribution in [0.2, 0.25) is 0 Å². The summed E-state index contributed by atoms with van der Waals surface area (Å²) < 4.78 is 1.03. The van der Waals surface area contributed by atoms with Gasteiger partial charge in [0, 0.05) is 10.0 Å². The summed E-state index contributed by atoms with van der Waals surface area (Å²) in [6.45, 7) is 7.80. The molecule has 0 radical (unpaired) electrons. The average molecular weight is 342 g/mol. The van der Waals surface area contributed by atoms with E-state index in [4.69, 9.17) is 0 Å². The first-order valence-corrected chi connectivity index (χ1v) is 7.72. The molecule has 2 N–H and O–H groups in total. The molecule has 0 aromatic heterocycles. The van der Waals surface area contributed by atoms with Gasteiger partial charge in [-0.15, -0.1) is 0 Å². The highest BCUT2D eigenvalue weighted by atomic mass is 79.9. The fraction of sp³-hybridized carbons (Fsp3) is 0.562. The third-order valence-electron chi connectivity index (χ3n) is 3.18. The molecule has 0 heterocycles. The number of hydrogen-bond donors (Lipinski definition) is 2. The second-order valence-corrected chi connectivity index (χ2v) is 7.17. The summed E-state index contributed by atoms with van der Waals surface area (Å²) in [5.41, 5.74) is 0.822. The summed E-state index contributed by atoms with van der Waals surface area (Å²) >= 11 is 3.45. The molecule has 1 aromatic carbocycles. The summed E-state index contributed by atoms with van der Waals surface area (Å²) in [4.78, 5) is 12.0. The van der Waals surface area contributed by atoms with Crippen molar-refractivity contribution in [3.05, 3.63) is 34.3 Å². The van der Waals surface area contributed by atoms with Gasteiger partial charge in [-0.25, -0.2) is 0 Å². The minimum Gasteiger partial charge on any atom is -0.392 e. The predicted octanol–water partition coefficient (Wildman–Crippen LogP) is 3.29. The summed E-state index contributed by atoms with van der Waals surface area (Å²) in [6, 6.07) is 8.06. The van der Waals surface area contributed by atoms with E-state index in [0.717, 1.165) is 16.5 Å². The molecular formula is C16H24BrNO2. The Hall–Kier alpha value is -0.870. The third kappa shape index (κ3) is 6.06. The maximum absolute atomic E-state index is 12.0. The molecular weight excluding hydrogens is 318 g/mol. The van der Waals surface area contributed by atoms with Crippen molar-refractivity contribution in [3.63, 3.8) is 0 Å². The first-order valence-electron chi connectivity index (χ1n) is 6.93. The van der Waals surface area contributed by atoms with Crippen LogP contribution in [0.1, 0.15) is 39.7 Å². The van der Waals surface area contributed by atoms with Crippen LogP contribution in [0.5, 0.6) is 0 Å². The maximum Gasteiger partial charge on any atom is 0.223 e. The first kappa shape index (κ1) is 17.2. The number of carbonyl (C=O) groups is 1. The standard InChI is InChI=1S/C16H24BrNO2/c1-11(2)14(19)9-15(20)18-16(3,4)10-12-6-5-7-13(17)8-12/h5-8,11,14,19H,9-10H2,1-4H3,(H,18,20). The molecule has 4 heteroatoms. The van der Waals surface area contributed by atoms with Crippen LogP contribution < -0.4 is 5.32 Å². The van der Waals surface area contributed by atoms with Gasteiger partial charge in [0.25, 0.3) is 0 Å². The highest BCUT2D eigenvalue weighted by Gasteiger charge is 2.23. The van der Waals surface area contributed by atoms with Crippen molar-refractivity contribution >= 4 is 21.8 Å². The lowest BCUT2D eigenvalue weighted by molar-refractivity contribution is -0.125. The third-order valence-corrected chi connectivity index (χ3v) is 3.67. The summed E-state index contributed by atoms with van der Waals surface area (Å²) in [7, 11) is 0. The minimum atomic E-state index is -0.586. The van der Waals surface area contributed by atoms with Crippen molar-refractivity contribution in [3.8, 4) is 0 Å². The fourth-order valence-corrected chi connectivity index (χ4v) is 2.50. The molecule has 1 aromatic rings. The van der Waals surface area contributed by atoms with Gasteiger partial charge in [-0.2, -0.15) is 0 Å². The maximum atomic E-state index is 12.0. The van der Waals surface area contributed by atoms with Crippen LogP contribution in [0.3, 0.4) is 0 Å². The van der Waals surface area contributed by atoms with Gasteiger partial charge in [0.2, 0.25) is 5.91 Å². The SMILES string of the molecule is CC(C)C(O)CC(=O)NC(C)(C)Cc1cccc(Br)c1. The van der Waals surface area contributed by atoms with E-state index in [1.54, 1.807) is 0 Å². The summed E-state index contributed by atoms with van der Waals surface area (Å²) in [5, 5.41) is 12.7. The molecule has 0 fully saturated rings. The van der Waals surface area contributed by atoms with Gasteiger partial charge >= 0.3 is 0 Å². The molecule has 1 atom stereocenters. The highest BCUT2D eigenvalue weighted by molar-refractivity contribution is 9.10.